The van der Waals surface area contributed by atoms with E-state index in [9.17, 15) is 8.78 Å². The van der Waals surface area contributed by atoms with Gasteiger partial charge in [-0.1, -0.05) is 0 Å². The van der Waals surface area contributed by atoms with Gasteiger partial charge in [-0.05, 0) is 24.1 Å². The van der Waals surface area contributed by atoms with Crippen molar-refractivity contribution in [3.8, 4) is 11.5 Å². The van der Waals surface area contributed by atoms with Crippen LogP contribution < -0.4 is 15.4 Å². The van der Waals surface area contributed by atoms with E-state index in [2.05, 4.69) is 4.84 Å². The molecule has 0 aromatic heterocycles. The smallest absolute Gasteiger partial charge is 0.264 e. The number of hydrogen-bond donors (Lipinski definition) is 1. The third-order valence-electron chi connectivity index (χ3n) is 2.53. The first-order valence-corrected chi connectivity index (χ1v) is 5.24. The zero-order chi connectivity index (χ0) is 12.3. The molecule has 2 rings (SSSR count). The molecule has 1 aliphatic heterocycles. The Kier molecular flexibility index (Phi) is 3.75. The Hall–Kier alpha value is -1.40. The molecule has 94 valence electrons. The van der Waals surface area contributed by atoms with Crippen molar-refractivity contribution in [2.45, 2.75) is 12.8 Å². The normalized spacial score (nSPS) is 14.1. The first kappa shape index (κ1) is 12.1. The van der Waals surface area contributed by atoms with E-state index in [-0.39, 0.29) is 12.2 Å². The molecule has 0 amide bonds. The fourth-order valence-electron chi connectivity index (χ4n) is 1.74. The average Bonchev–Trinajstić information content (AvgIpc) is 2.35. The molecule has 0 saturated carbocycles. The summed E-state index contributed by atoms with van der Waals surface area (Å²) in [4.78, 5) is 4.41. The van der Waals surface area contributed by atoms with Gasteiger partial charge in [0.1, 0.15) is 13.2 Å². The Morgan fingerprint density at radius 3 is 2.47 bits per heavy atom. The summed E-state index contributed by atoms with van der Waals surface area (Å²) in [6.45, 7) is 0.980. The van der Waals surface area contributed by atoms with Gasteiger partial charge in [0.05, 0.1) is 6.61 Å². The molecule has 1 aliphatic rings. The molecule has 0 saturated heterocycles. The number of nitrogens with two attached hydrogens (primary N) is 1. The summed E-state index contributed by atoms with van der Waals surface area (Å²) in [5, 5.41) is 0. The number of hydrogen-bond acceptors (Lipinski definition) is 4. The fraction of sp³-hybridized carbons (Fsp3) is 0.455. The zero-order valence-electron chi connectivity index (χ0n) is 9.12. The van der Waals surface area contributed by atoms with Crippen LogP contribution in [0.3, 0.4) is 0 Å². The third-order valence-corrected chi connectivity index (χ3v) is 2.53. The molecular formula is C11H13F2NO3. The summed E-state index contributed by atoms with van der Waals surface area (Å²) < 4.78 is 36.3. The van der Waals surface area contributed by atoms with Crippen molar-refractivity contribution in [1.82, 2.24) is 0 Å². The largest absolute Gasteiger partial charge is 0.486 e. The minimum atomic E-state index is -2.56. The number of fused-ring (bicyclic) bond motifs is 1. The summed E-state index contributed by atoms with van der Waals surface area (Å²) >= 11 is 0. The van der Waals surface area contributed by atoms with Crippen molar-refractivity contribution in [3.63, 3.8) is 0 Å². The summed E-state index contributed by atoms with van der Waals surface area (Å²) in [5.74, 6) is 5.75. The molecule has 2 N–H and O–H groups in total. The van der Waals surface area contributed by atoms with Crippen LogP contribution >= 0.6 is 0 Å². The molecule has 0 radical (unpaired) electrons. The molecule has 0 spiro atoms. The standard InChI is InChI=1S/C11H13F2NO3/c12-11(13)8-6-10-9(15-3-4-16-10)5-7(8)1-2-17-14/h5-6,11H,1-4,14H2. The highest BCUT2D eigenvalue weighted by Gasteiger charge is 2.20. The molecule has 0 atom stereocenters. The first-order chi connectivity index (χ1) is 8.22. The van der Waals surface area contributed by atoms with Crippen molar-refractivity contribution in [2.24, 2.45) is 5.90 Å². The summed E-state index contributed by atoms with van der Waals surface area (Å²) in [7, 11) is 0. The molecule has 1 aromatic carbocycles. The second-order valence-electron chi connectivity index (χ2n) is 3.62. The predicted molar refractivity (Wildman–Crippen MR) is 56.2 cm³/mol. The molecule has 0 unspecified atom stereocenters. The minimum Gasteiger partial charge on any atom is -0.486 e. The van der Waals surface area contributed by atoms with E-state index in [4.69, 9.17) is 15.4 Å². The van der Waals surface area contributed by atoms with Crippen LogP contribution in [0.1, 0.15) is 17.6 Å². The van der Waals surface area contributed by atoms with E-state index >= 15 is 0 Å². The van der Waals surface area contributed by atoms with Gasteiger partial charge in [0.15, 0.2) is 11.5 Å². The first-order valence-electron chi connectivity index (χ1n) is 5.24. The quantitative estimate of drug-likeness (QED) is 0.822. The monoisotopic (exact) mass is 245 g/mol. The molecule has 17 heavy (non-hydrogen) atoms. The van der Waals surface area contributed by atoms with Gasteiger partial charge in [-0.3, -0.25) is 0 Å². The van der Waals surface area contributed by atoms with Crippen molar-refractivity contribution in [3.05, 3.63) is 23.3 Å². The van der Waals surface area contributed by atoms with Gasteiger partial charge in [0.25, 0.3) is 6.43 Å². The number of alkyl halides is 2. The summed E-state index contributed by atoms with van der Waals surface area (Å²) in [6.07, 6.45) is -2.24. The van der Waals surface area contributed by atoms with Crippen molar-refractivity contribution in [2.75, 3.05) is 19.8 Å². The minimum absolute atomic E-state index is 0.0636. The summed E-state index contributed by atoms with van der Waals surface area (Å²) in [6, 6.07) is 2.89. The lowest BCUT2D eigenvalue weighted by atomic mass is 10.0. The molecule has 0 bridgehead atoms. The third kappa shape index (κ3) is 2.65. The maximum Gasteiger partial charge on any atom is 0.264 e. The van der Waals surface area contributed by atoms with Gasteiger partial charge in [0.2, 0.25) is 0 Å². The highest BCUT2D eigenvalue weighted by molar-refractivity contribution is 5.48. The Balaban J connectivity index is 2.33. The van der Waals surface area contributed by atoms with E-state index in [1.54, 1.807) is 6.07 Å². The molecular weight excluding hydrogens is 232 g/mol. The van der Waals surface area contributed by atoms with E-state index in [1.807, 2.05) is 0 Å². The van der Waals surface area contributed by atoms with Crippen molar-refractivity contribution in [1.29, 1.82) is 0 Å². The van der Waals surface area contributed by atoms with Gasteiger partial charge in [-0.15, -0.1) is 0 Å². The van der Waals surface area contributed by atoms with Crippen LogP contribution in [0.25, 0.3) is 0 Å². The number of halogens is 2. The van der Waals surface area contributed by atoms with Crippen molar-refractivity contribution < 1.29 is 23.1 Å². The van der Waals surface area contributed by atoms with Gasteiger partial charge in [-0.2, -0.15) is 0 Å². The van der Waals surface area contributed by atoms with Gasteiger partial charge in [0, 0.05) is 5.56 Å². The number of ether oxygens (including phenoxy) is 2. The van der Waals surface area contributed by atoms with Crippen LogP contribution in [0.4, 0.5) is 8.78 Å². The SMILES string of the molecule is NOCCc1cc2c(cc1C(F)F)OCCO2. The van der Waals surface area contributed by atoms with E-state index in [1.165, 1.54) is 6.07 Å². The van der Waals surface area contributed by atoms with Crippen molar-refractivity contribution >= 4 is 0 Å². The Morgan fingerprint density at radius 2 is 1.88 bits per heavy atom. The van der Waals surface area contributed by atoms with Gasteiger partial charge < -0.3 is 14.3 Å². The lowest BCUT2D eigenvalue weighted by molar-refractivity contribution is 0.133. The average molecular weight is 245 g/mol. The zero-order valence-corrected chi connectivity index (χ0v) is 9.12. The maximum absolute atomic E-state index is 12.9. The Labute approximate surface area is 97.2 Å². The molecule has 1 aromatic rings. The van der Waals surface area contributed by atoms with E-state index in [0.717, 1.165) is 0 Å². The van der Waals surface area contributed by atoms with E-state index < -0.39 is 6.43 Å². The van der Waals surface area contributed by atoms with Crippen LogP contribution in [0.5, 0.6) is 11.5 Å². The van der Waals surface area contributed by atoms with Crippen LogP contribution in [0.2, 0.25) is 0 Å². The number of rotatable bonds is 4. The molecule has 6 heteroatoms. The second-order valence-corrected chi connectivity index (χ2v) is 3.62. The van der Waals surface area contributed by atoms with Crippen LogP contribution in [0.15, 0.2) is 12.1 Å². The highest BCUT2D eigenvalue weighted by Crippen LogP contribution is 2.36. The predicted octanol–water partition coefficient (Wildman–Crippen LogP) is 1.83. The lowest BCUT2D eigenvalue weighted by Crippen LogP contribution is -2.16. The molecule has 1 heterocycles. The molecule has 0 aliphatic carbocycles. The Morgan fingerprint density at radius 1 is 1.24 bits per heavy atom. The molecule has 0 fully saturated rings. The Bertz CT molecular complexity index is 399. The maximum atomic E-state index is 12.9. The van der Waals surface area contributed by atoms with Crippen LogP contribution in [-0.4, -0.2) is 19.8 Å². The van der Waals surface area contributed by atoms with Crippen LogP contribution in [-0.2, 0) is 11.3 Å². The fourth-order valence-corrected chi connectivity index (χ4v) is 1.74. The second kappa shape index (κ2) is 5.29. The van der Waals surface area contributed by atoms with Gasteiger partial charge in [-0.25, -0.2) is 14.7 Å². The highest BCUT2D eigenvalue weighted by atomic mass is 19.3. The number of benzene rings is 1. The van der Waals surface area contributed by atoms with Crippen LogP contribution in [0, 0.1) is 0 Å². The lowest BCUT2D eigenvalue weighted by Gasteiger charge is -2.21. The van der Waals surface area contributed by atoms with Gasteiger partial charge >= 0.3 is 0 Å². The molecule has 4 nitrogen and oxygen atoms in total. The topological polar surface area (TPSA) is 53.7 Å². The summed E-state index contributed by atoms with van der Waals surface area (Å²) in [5.41, 5.74) is 0.404. The van der Waals surface area contributed by atoms with E-state index in [0.29, 0.717) is 36.7 Å².